The zero-order valence-electron chi connectivity index (χ0n) is 15.5. The zero-order chi connectivity index (χ0) is 20.2. The Morgan fingerprint density at radius 1 is 0.862 bits per heavy atom. The van der Waals surface area contributed by atoms with Gasteiger partial charge in [0.1, 0.15) is 5.69 Å². The van der Waals surface area contributed by atoms with Crippen LogP contribution in [0.25, 0.3) is 5.69 Å². The van der Waals surface area contributed by atoms with Crippen molar-refractivity contribution in [3.63, 3.8) is 0 Å². The molecule has 1 aliphatic rings. The van der Waals surface area contributed by atoms with Crippen LogP contribution in [0, 0.1) is 0 Å². The minimum atomic E-state index is -0.443. The Kier molecular flexibility index (Phi) is 5.07. The fourth-order valence-corrected chi connectivity index (χ4v) is 2.70. The maximum absolute atomic E-state index is 12.5. The maximum Gasteiger partial charge on any atom is 0.319 e. The number of carbonyl (C=O) groups is 2. The maximum atomic E-state index is 12.5. The summed E-state index contributed by atoms with van der Waals surface area (Å²) in [5.74, 6) is -0.443. The van der Waals surface area contributed by atoms with E-state index in [1.165, 1.54) is 16.8 Å². The topological polar surface area (TPSA) is 105 Å². The summed E-state index contributed by atoms with van der Waals surface area (Å²) in [6.07, 6.45) is 2.04. The lowest BCUT2D eigenvalue weighted by Gasteiger charge is -2.09. The second kappa shape index (κ2) is 7.97. The van der Waals surface area contributed by atoms with Crippen molar-refractivity contribution in [2.75, 3.05) is 10.6 Å². The number of hydrogen-bond donors (Lipinski definition) is 3. The Labute approximate surface area is 166 Å². The van der Waals surface area contributed by atoms with E-state index in [-0.39, 0.29) is 23.3 Å². The number of hydrogen-bond acceptors (Lipinski definition) is 4. The average Bonchev–Trinajstić information content (AvgIpc) is 3.54. The monoisotopic (exact) mass is 389 g/mol. The standard InChI is InChI=1S/C21H19N5O3/c27-19-13-12-18(25-26(19)17-4-2-1-3-5-17)20(28)22-14-6-8-15(9-7-14)23-21(29)24-16-10-11-16/h1-9,12-13,16H,10-11H2,(H,22,28)(H2,23,24,29). The Balaban J connectivity index is 1.44. The molecular weight excluding hydrogens is 370 g/mol. The summed E-state index contributed by atoms with van der Waals surface area (Å²) in [6.45, 7) is 0. The summed E-state index contributed by atoms with van der Waals surface area (Å²) >= 11 is 0. The zero-order valence-corrected chi connectivity index (χ0v) is 15.5. The molecule has 0 spiro atoms. The predicted octanol–water partition coefficient (Wildman–Crippen LogP) is 2.77. The number of urea groups is 1. The number of nitrogens with zero attached hydrogens (tertiary/aromatic N) is 2. The smallest absolute Gasteiger partial charge is 0.319 e. The highest BCUT2D eigenvalue weighted by Gasteiger charge is 2.23. The minimum Gasteiger partial charge on any atom is -0.335 e. The van der Waals surface area contributed by atoms with Gasteiger partial charge in [-0.1, -0.05) is 18.2 Å². The number of carbonyl (C=O) groups excluding carboxylic acids is 2. The van der Waals surface area contributed by atoms with Crippen LogP contribution >= 0.6 is 0 Å². The first-order chi connectivity index (χ1) is 14.1. The van der Waals surface area contributed by atoms with Gasteiger partial charge in [-0.3, -0.25) is 9.59 Å². The van der Waals surface area contributed by atoms with Crippen molar-refractivity contribution >= 4 is 23.3 Å². The number of anilines is 2. The third-order valence-corrected chi connectivity index (χ3v) is 4.35. The van der Waals surface area contributed by atoms with E-state index in [1.807, 2.05) is 6.07 Å². The number of para-hydroxylation sites is 1. The normalized spacial score (nSPS) is 12.8. The van der Waals surface area contributed by atoms with Gasteiger partial charge < -0.3 is 16.0 Å². The van der Waals surface area contributed by atoms with Gasteiger partial charge in [-0.2, -0.15) is 9.78 Å². The van der Waals surface area contributed by atoms with Crippen LogP contribution in [0.15, 0.2) is 71.5 Å². The first kappa shape index (κ1) is 18.4. The molecule has 1 aliphatic carbocycles. The van der Waals surface area contributed by atoms with E-state index in [2.05, 4.69) is 21.0 Å². The van der Waals surface area contributed by atoms with Crippen LogP contribution < -0.4 is 21.5 Å². The molecule has 0 aliphatic heterocycles. The summed E-state index contributed by atoms with van der Waals surface area (Å²) in [7, 11) is 0. The quantitative estimate of drug-likeness (QED) is 0.624. The fraction of sp³-hybridized carbons (Fsp3) is 0.143. The van der Waals surface area contributed by atoms with E-state index in [0.29, 0.717) is 17.1 Å². The highest BCUT2D eigenvalue weighted by Crippen LogP contribution is 2.19. The van der Waals surface area contributed by atoms with E-state index >= 15 is 0 Å². The summed E-state index contributed by atoms with van der Waals surface area (Å²) < 4.78 is 1.18. The molecule has 0 radical (unpaired) electrons. The lowest BCUT2D eigenvalue weighted by molar-refractivity contribution is 0.102. The first-order valence-corrected chi connectivity index (χ1v) is 9.23. The van der Waals surface area contributed by atoms with Gasteiger partial charge in [-0.25, -0.2) is 4.79 Å². The highest BCUT2D eigenvalue weighted by atomic mass is 16.2. The van der Waals surface area contributed by atoms with Crippen molar-refractivity contribution in [2.45, 2.75) is 18.9 Å². The third-order valence-electron chi connectivity index (χ3n) is 4.35. The van der Waals surface area contributed by atoms with Gasteiger partial charge in [0, 0.05) is 23.5 Å². The summed E-state index contributed by atoms with van der Waals surface area (Å²) in [5.41, 5.74) is 1.53. The Bertz CT molecular complexity index is 1090. The minimum absolute atomic E-state index is 0.111. The number of rotatable bonds is 5. The fourth-order valence-electron chi connectivity index (χ4n) is 2.70. The SMILES string of the molecule is O=C(Nc1ccc(NC(=O)c2ccc(=O)n(-c3ccccc3)n2)cc1)NC1CC1. The van der Waals surface area contributed by atoms with Crippen LogP contribution in [0.4, 0.5) is 16.2 Å². The summed E-state index contributed by atoms with van der Waals surface area (Å²) in [5, 5.41) is 12.5. The van der Waals surface area contributed by atoms with Crippen molar-refractivity contribution in [3.8, 4) is 5.69 Å². The largest absolute Gasteiger partial charge is 0.335 e. The molecule has 3 aromatic rings. The molecule has 1 aromatic heterocycles. The molecule has 1 heterocycles. The molecule has 4 rings (SSSR count). The van der Waals surface area contributed by atoms with Crippen LogP contribution in [0.2, 0.25) is 0 Å². The predicted molar refractivity (Wildman–Crippen MR) is 109 cm³/mol. The summed E-state index contributed by atoms with van der Waals surface area (Å²) in [6, 6.07) is 18.4. The molecule has 1 fully saturated rings. The molecule has 29 heavy (non-hydrogen) atoms. The Morgan fingerprint density at radius 3 is 2.17 bits per heavy atom. The summed E-state index contributed by atoms with van der Waals surface area (Å²) in [4.78, 5) is 36.4. The van der Waals surface area contributed by atoms with Gasteiger partial charge in [-0.15, -0.1) is 0 Å². The molecule has 0 unspecified atom stereocenters. The molecule has 0 bridgehead atoms. The molecule has 8 nitrogen and oxygen atoms in total. The number of benzene rings is 2. The van der Waals surface area contributed by atoms with Crippen LogP contribution in [-0.2, 0) is 0 Å². The second-order valence-corrected chi connectivity index (χ2v) is 6.71. The van der Waals surface area contributed by atoms with Gasteiger partial charge in [0.05, 0.1) is 5.69 Å². The number of amides is 3. The van der Waals surface area contributed by atoms with E-state index < -0.39 is 5.91 Å². The van der Waals surface area contributed by atoms with Crippen molar-refractivity contribution < 1.29 is 9.59 Å². The van der Waals surface area contributed by atoms with Crippen molar-refractivity contribution in [2.24, 2.45) is 0 Å². The Hall–Kier alpha value is -3.94. The van der Waals surface area contributed by atoms with Gasteiger partial charge in [-0.05, 0) is 55.3 Å². The van der Waals surface area contributed by atoms with Gasteiger partial charge in [0.25, 0.3) is 11.5 Å². The van der Waals surface area contributed by atoms with E-state index in [0.717, 1.165) is 12.8 Å². The van der Waals surface area contributed by atoms with Crippen molar-refractivity contribution in [1.29, 1.82) is 0 Å². The van der Waals surface area contributed by atoms with E-state index in [1.54, 1.807) is 48.5 Å². The molecule has 0 saturated heterocycles. The van der Waals surface area contributed by atoms with Crippen LogP contribution in [0.1, 0.15) is 23.3 Å². The second-order valence-electron chi connectivity index (χ2n) is 6.71. The van der Waals surface area contributed by atoms with Gasteiger partial charge in [0.2, 0.25) is 0 Å². The molecule has 3 amide bonds. The molecule has 0 atom stereocenters. The number of nitrogens with one attached hydrogen (secondary N) is 3. The first-order valence-electron chi connectivity index (χ1n) is 9.23. The molecule has 146 valence electrons. The molecule has 8 heteroatoms. The van der Waals surface area contributed by atoms with Gasteiger partial charge in [0.15, 0.2) is 0 Å². The van der Waals surface area contributed by atoms with Crippen molar-refractivity contribution in [1.82, 2.24) is 15.1 Å². The average molecular weight is 389 g/mol. The number of aromatic nitrogens is 2. The van der Waals surface area contributed by atoms with E-state index in [9.17, 15) is 14.4 Å². The van der Waals surface area contributed by atoms with Crippen LogP contribution in [-0.4, -0.2) is 27.8 Å². The van der Waals surface area contributed by atoms with Crippen LogP contribution in [0.3, 0.4) is 0 Å². The van der Waals surface area contributed by atoms with Gasteiger partial charge >= 0.3 is 6.03 Å². The molecule has 1 saturated carbocycles. The lowest BCUT2D eigenvalue weighted by Crippen LogP contribution is -2.30. The van der Waals surface area contributed by atoms with Crippen LogP contribution in [0.5, 0.6) is 0 Å². The lowest BCUT2D eigenvalue weighted by atomic mass is 10.2. The third kappa shape index (κ3) is 4.67. The molecular formula is C21H19N5O3. The highest BCUT2D eigenvalue weighted by molar-refractivity contribution is 6.02. The molecule has 3 N–H and O–H groups in total. The van der Waals surface area contributed by atoms with E-state index in [4.69, 9.17) is 0 Å². The van der Waals surface area contributed by atoms with Crippen molar-refractivity contribution in [3.05, 3.63) is 82.8 Å². The molecule has 2 aromatic carbocycles. The Morgan fingerprint density at radius 2 is 1.52 bits per heavy atom.